The fraction of sp³-hybridized carbons (Fsp3) is 0.133. The molecule has 0 aliphatic carbocycles. The summed E-state index contributed by atoms with van der Waals surface area (Å²) in [6, 6.07) is 16.7. The van der Waals surface area contributed by atoms with Crippen molar-refractivity contribution >= 4 is 17.1 Å². The molecule has 0 atom stereocenters. The molecule has 0 bridgehead atoms. The highest BCUT2D eigenvalue weighted by molar-refractivity contribution is 7.81. The molecule has 2 aromatic rings. The standard InChI is InChI=1S/C15H14S/c1-11-6-8-13(9-7-11)15(16)14-5-3-4-12(2)10-14/h3-10H,1-2H3. The van der Waals surface area contributed by atoms with Gasteiger partial charge in [0, 0.05) is 0 Å². The van der Waals surface area contributed by atoms with Crippen LogP contribution >= 0.6 is 12.2 Å². The van der Waals surface area contributed by atoms with Crippen LogP contribution in [-0.4, -0.2) is 4.86 Å². The van der Waals surface area contributed by atoms with Crippen LogP contribution in [0.2, 0.25) is 0 Å². The number of thiocarbonyl (C=S) groups is 1. The van der Waals surface area contributed by atoms with Crippen LogP contribution in [0.25, 0.3) is 0 Å². The second-order valence-corrected chi connectivity index (χ2v) is 4.47. The van der Waals surface area contributed by atoms with Gasteiger partial charge in [-0.05, 0) is 25.0 Å². The van der Waals surface area contributed by atoms with Gasteiger partial charge in [0.05, 0.1) is 4.86 Å². The second-order valence-electron chi connectivity index (χ2n) is 4.06. The topological polar surface area (TPSA) is 0 Å². The van der Waals surface area contributed by atoms with Crippen molar-refractivity contribution in [2.75, 3.05) is 0 Å². The monoisotopic (exact) mass is 226 g/mol. The molecular weight excluding hydrogens is 212 g/mol. The molecule has 0 aliphatic rings. The third kappa shape index (κ3) is 2.37. The first-order valence-corrected chi connectivity index (χ1v) is 5.76. The molecule has 2 aromatic carbocycles. The maximum Gasteiger partial charge on any atom is 0.0521 e. The molecule has 2 rings (SSSR count). The highest BCUT2D eigenvalue weighted by Crippen LogP contribution is 2.13. The van der Waals surface area contributed by atoms with E-state index in [1.807, 2.05) is 6.07 Å². The van der Waals surface area contributed by atoms with Crippen LogP contribution in [-0.2, 0) is 0 Å². The first kappa shape index (κ1) is 11.0. The lowest BCUT2D eigenvalue weighted by molar-refractivity contribution is 1.45. The first-order chi connectivity index (χ1) is 7.66. The van der Waals surface area contributed by atoms with Crippen molar-refractivity contribution < 1.29 is 0 Å². The average molecular weight is 226 g/mol. The van der Waals surface area contributed by atoms with Gasteiger partial charge in [-0.25, -0.2) is 0 Å². The Morgan fingerprint density at radius 3 is 2.12 bits per heavy atom. The van der Waals surface area contributed by atoms with Crippen molar-refractivity contribution in [2.45, 2.75) is 13.8 Å². The third-order valence-electron chi connectivity index (χ3n) is 2.59. The first-order valence-electron chi connectivity index (χ1n) is 5.35. The molecule has 0 saturated heterocycles. The Morgan fingerprint density at radius 1 is 0.812 bits per heavy atom. The maximum atomic E-state index is 5.49. The molecule has 80 valence electrons. The summed E-state index contributed by atoms with van der Waals surface area (Å²) in [6.07, 6.45) is 0. The van der Waals surface area contributed by atoms with E-state index < -0.39 is 0 Å². The number of aryl methyl sites for hydroxylation is 2. The van der Waals surface area contributed by atoms with Crippen molar-refractivity contribution in [3.63, 3.8) is 0 Å². The lowest BCUT2D eigenvalue weighted by Crippen LogP contribution is -1.99. The van der Waals surface area contributed by atoms with Crippen LogP contribution in [0.3, 0.4) is 0 Å². The quantitative estimate of drug-likeness (QED) is 0.549. The van der Waals surface area contributed by atoms with Crippen molar-refractivity contribution in [1.29, 1.82) is 0 Å². The fourth-order valence-electron chi connectivity index (χ4n) is 1.66. The molecule has 16 heavy (non-hydrogen) atoms. The average Bonchev–Trinajstić information content (AvgIpc) is 2.29. The van der Waals surface area contributed by atoms with Crippen LogP contribution in [0.1, 0.15) is 22.3 Å². The fourth-order valence-corrected chi connectivity index (χ4v) is 1.92. The molecule has 0 aromatic heterocycles. The van der Waals surface area contributed by atoms with Crippen molar-refractivity contribution in [3.05, 3.63) is 70.8 Å². The summed E-state index contributed by atoms with van der Waals surface area (Å²) in [7, 11) is 0. The minimum absolute atomic E-state index is 0.920. The van der Waals surface area contributed by atoms with E-state index in [9.17, 15) is 0 Å². The summed E-state index contributed by atoms with van der Waals surface area (Å²) < 4.78 is 0. The Labute approximate surface area is 102 Å². The Bertz CT molecular complexity index is 509. The van der Waals surface area contributed by atoms with Gasteiger partial charge in [-0.15, -0.1) is 0 Å². The van der Waals surface area contributed by atoms with E-state index in [4.69, 9.17) is 12.2 Å². The Morgan fingerprint density at radius 2 is 1.50 bits per heavy atom. The van der Waals surface area contributed by atoms with Crippen LogP contribution in [0.4, 0.5) is 0 Å². The van der Waals surface area contributed by atoms with Gasteiger partial charge in [-0.1, -0.05) is 71.9 Å². The predicted octanol–water partition coefficient (Wildman–Crippen LogP) is 4.07. The lowest BCUT2D eigenvalue weighted by Gasteiger charge is -2.05. The van der Waals surface area contributed by atoms with E-state index in [0.717, 1.165) is 16.0 Å². The van der Waals surface area contributed by atoms with Crippen LogP contribution in [0.15, 0.2) is 48.5 Å². The number of hydrogen-bond acceptors (Lipinski definition) is 1. The molecule has 0 radical (unpaired) electrons. The van der Waals surface area contributed by atoms with Crippen LogP contribution < -0.4 is 0 Å². The Balaban J connectivity index is 2.35. The maximum absolute atomic E-state index is 5.49. The summed E-state index contributed by atoms with van der Waals surface area (Å²) in [5.41, 5.74) is 4.74. The molecule has 0 spiro atoms. The zero-order valence-electron chi connectivity index (χ0n) is 9.53. The molecule has 0 nitrogen and oxygen atoms in total. The zero-order valence-corrected chi connectivity index (χ0v) is 10.3. The molecule has 0 amide bonds. The number of rotatable bonds is 2. The van der Waals surface area contributed by atoms with Crippen molar-refractivity contribution in [3.8, 4) is 0 Å². The van der Waals surface area contributed by atoms with Gasteiger partial charge in [0.1, 0.15) is 0 Å². The van der Waals surface area contributed by atoms with E-state index in [2.05, 4.69) is 56.3 Å². The molecular formula is C15H14S. The molecule has 0 unspecified atom stereocenters. The molecule has 0 saturated carbocycles. The Hall–Kier alpha value is -1.47. The summed E-state index contributed by atoms with van der Waals surface area (Å²) in [5, 5.41) is 0. The predicted molar refractivity (Wildman–Crippen MR) is 73.2 cm³/mol. The molecule has 1 heteroatoms. The largest absolute Gasteiger partial charge is 0.0788 e. The highest BCUT2D eigenvalue weighted by atomic mass is 32.1. The summed E-state index contributed by atoms with van der Waals surface area (Å²) in [5.74, 6) is 0. The van der Waals surface area contributed by atoms with E-state index >= 15 is 0 Å². The molecule has 0 heterocycles. The van der Waals surface area contributed by atoms with E-state index in [0.29, 0.717) is 0 Å². The molecule has 0 fully saturated rings. The van der Waals surface area contributed by atoms with Gasteiger partial charge in [0.2, 0.25) is 0 Å². The van der Waals surface area contributed by atoms with Gasteiger partial charge in [-0.3, -0.25) is 0 Å². The lowest BCUT2D eigenvalue weighted by atomic mass is 10.0. The van der Waals surface area contributed by atoms with Gasteiger partial charge < -0.3 is 0 Å². The van der Waals surface area contributed by atoms with Crippen molar-refractivity contribution in [1.82, 2.24) is 0 Å². The smallest absolute Gasteiger partial charge is 0.0521 e. The summed E-state index contributed by atoms with van der Waals surface area (Å²) >= 11 is 5.49. The number of benzene rings is 2. The highest BCUT2D eigenvalue weighted by Gasteiger charge is 2.03. The second kappa shape index (κ2) is 4.58. The normalized spacial score (nSPS) is 10.1. The van der Waals surface area contributed by atoms with E-state index in [-0.39, 0.29) is 0 Å². The molecule has 0 N–H and O–H groups in total. The Kier molecular flexibility index (Phi) is 3.16. The molecule has 0 aliphatic heterocycles. The summed E-state index contributed by atoms with van der Waals surface area (Å²) in [6.45, 7) is 4.17. The zero-order chi connectivity index (χ0) is 11.5. The van der Waals surface area contributed by atoms with Crippen molar-refractivity contribution in [2.24, 2.45) is 0 Å². The van der Waals surface area contributed by atoms with Crippen LogP contribution in [0, 0.1) is 13.8 Å². The minimum atomic E-state index is 0.920. The van der Waals surface area contributed by atoms with Gasteiger partial charge in [-0.2, -0.15) is 0 Å². The van der Waals surface area contributed by atoms with E-state index in [1.165, 1.54) is 11.1 Å². The third-order valence-corrected chi connectivity index (χ3v) is 3.07. The van der Waals surface area contributed by atoms with Gasteiger partial charge >= 0.3 is 0 Å². The van der Waals surface area contributed by atoms with Crippen LogP contribution in [0.5, 0.6) is 0 Å². The minimum Gasteiger partial charge on any atom is -0.0788 e. The van der Waals surface area contributed by atoms with Gasteiger partial charge in [0.25, 0.3) is 0 Å². The number of hydrogen-bond donors (Lipinski definition) is 0. The SMILES string of the molecule is Cc1ccc(C(=S)c2cccc(C)c2)cc1. The van der Waals surface area contributed by atoms with E-state index in [1.54, 1.807) is 0 Å². The van der Waals surface area contributed by atoms with Gasteiger partial charge in [0.15, 0.2) is 0 Å². The summed E-state index contributed by atoms with van der Waals surface area (Å²) in [4.78, 5) is 0.920.